The summed E-state index contributed by atoms with van der Waals surface area (Å²) in [5, 5.41) is 2.78. The molecule has 25 heavy (non-hydrogen) atoms. The van der Waals surface area contributed by atoms with Crippen LogP contribution in [-0.2, 0) is 11.2 Å². The second-order valence-corrected chi connectivity index (χ2v) is 6.65. The lowest BCUT2D eigenvalue weighted by molar-refractivity contribution is -0.123. The van der Waals surface area contributed by atoms with Gasteiger partial charge in [0.1, 0.15) is 18.1 Å². The quantitative estimate of drug-likeness (QED) is 0.633. The number of carbonyl (C=O) groups excluding carboxylic acids is 1. The van der Waals surface area contributed by atoms with Gasteiger partial charge in [-0.25, -0.2) is 0 Å². The first kappa shape index (κ1) is 19.3. The summed E-state index contributed by atoms with van der Waals surface area (Å²) in [6.45, 7) is 5.00. The molecule has 5 heteroatoms. The van der Waals surface area contributed by atoms with Crippen LogP contribution in [-0.4, -0.2) is 25.7 Å². The minimum absolute atomic E-state index is 0.00716. The molecule has 2 rings (SSSR count). The van der Waals surface area contributed by atoms with Crippen LogP contribution >= 0.6 is 15.9 Å². The second kappa shape index (κ2) is 10.1. The Hall–Kier alpha value is -2.01. The Morgan fingerprint density at radius 1 is 1.08 bits per heavy atom. The van der Waals surface area contributed by atoms with Crippen LogP contribution in [0.4, 0.5) is 0 Å². The van der Waals surface area contributed by atoms with Crippen molar-refractivity contribution >= 4 is 21.8 Å². The average molecular weight is 406 g/mol. The minimum atomic E-state index is -0.164. The van der Waals surface area contributed by atoms with Gasteiger partial charge in [0.05, 0.1) is 6.54 Å². The van der Waals surface area contributed by atoms with Crippen LogP contribution in [0.1, 0.15) is 24.5 Å². The van der Waals surface area contributed by atoms with Gasteiger partial charge in [-0.2, -0.15) is 0 Å². The van der Waals surface area contributed by atoms with E-state index in [1.165, 1.54) is 5.56 Å². The minimum Gasteiger partial charge on any atom is -0.492 e. The molecule has 0 aliphatic carbocycles. The van der Waals surface area contributed by atoms with E-state index in [-0.39, 0.29) is 12.5 Å². The molecule has 0 saturated carbocycles. The molecule has 0 heterocycles. The number of ether oxygens (including phenoxy) is 2. The number of carbonyl (C=O) groups is 1. The number of nitrogens with one attached hydrogen (secondary N) is 1. The lowest BCUT2D eigenvalue weighted by atomic mass is 10.1. The number of amides is 1. The fourth-order valence-corrected chi connectivity index (χ4v) is 2.55. The predicted molar refractivity (Wildman–Crippen MR) is 103 cm³/mol. The van der Waals surface area contributed by atoms with Crippen LogP contribution in [0.5, 0.6) is 11.5 Å². The fourth-order valence-electron chi connectivity index (χ4n) is 2.31. The summed E-state index contributed by atoms with van der Waals surface area (Å²) in [7, 11) is 0. The number of halogens is 1. The number of aryl methyl sites for hydroxylation is 2. The van der Waals surface area contributed by atoms with Crippen molar-refractivity contribution in [3.8, 4) is 11.5 Å². The van der Waals surface area contributed by atoms with Gasteiger partial charge in [0.25, 0.3) is 5.91 Å². The molecule has 2 aromatic carbocycles. The van der Waals surface area contributed by atoms with Gasteiger partial charge >= 0.3 is 0 Å². The standard InChI is InChI=1S/C20H24BrNO3/c1-3-4-16-5-7-17(8-6-16)24-12-11-22-20(23)14-25-18-9-10-19(21)15(2)13-18/h5-10,13H,3-4,11-12,14H2,1-2H3,(H,22,23). The maximum absolute atomic E-state index is 11.8. The molecule has 2 aromatic rings. The highest BCUT2D eigenvalue weighted by Gasteiger charge is 2.04. The molecule has 1 N–H and O–H groups in total. The van der Waals surface area contributed by atoms with Gasteiger partial charge < -0.3 is 14.8 Å². The molecular formula is C20H24BrNO3. The van der Waals surface area contributed by atoms with Crippen molar-refractivity contribution < 1.29 is 14.3 Å². The van der Waals surface area contributed by atoms with E-state index in [1.54, 1.807) is 0 Å². The number of hydrogen-bond donors (Lipinski definition) is 1. The normalized spacial score (nSPS) is 10.4. The summed E-state index contributed by atoms with van der Waals surface area (Å²) in [4.78, 5) is 11.8. The van der Waals surface area contributed by atoms with Gasteiger partial charge in [0.2, 0.25) is 0 Å². The van der Waals surface area contributed by atoms with E-state index in [2.05, 4.69) is 40.3 Å². The number of rotatable bonds is 9. The summed E-state index contributed by atoms with van der Waals surface area (Å²) >= 11 is 3.43. The van der Waals surface area contributed by atoms with E-state index in [9.17, 15) is 4.79 Å². The van der Waals surface area contributed by atoms with Crippen molar-refractivity contribution in [1.82, 2.24) is 5.32 Å². The summed E-state index contributed by atoms with van der Waals surface area (Å²) in [6.07, 6.45) is 2.21. The van der Waals surface area contributed by atoms with Crippen LogP contribution in [0.3, 0.4) is 0 Å². The van der Waals surface area contributed by atoms with Crippen LogP contribution < -0.4 is 14.8 Å². The zero-order valence-corrected chi connectivity index (χ0v) is 16.3. The van der Waals surface area contributed by atoms with Gasteiger partial charge in [-0.05, 0) is 54.8 Å². The molecule has 1 amide bonds. The maximum atomic E-state index is 11.8. The molecule has 0 aromatic heterocycles. The van der Waals surface area contributed by atoms with Crippen LogP contribution in [0.25, 0.3) is 0 Å². The van der Waals surface area contributed by atoms with Gasteiger partial charge in [0.15, 0.2) is 6.61 Å². The number of benzene rings is 2. The molecule has 0 spiro atoms. The molecule has 0 unspecified atom stereocenters. The van der Waals surface area contributed by atoms with Crippen LogP contribution in [0.2, 0.25) is 0 Å². The zero-order valence-electron chi connectivity index (χ0n) is 14.7. The van der Waals surface area contributed by atoms with Crippen molar-refractivity contribution in [3.05, 3.63) is 58.1 Å². The van der Waals surface area contributed by atoms with Crippen molar-refractivity contribution in [2.75, 3.05) is 19.8 Å². The highest BCUT2D eigenvalue weighted by molar-refractivity contribution is 9.10. The lowest BCUT2D eigenvalue weighted by Gasteiger charge is -2.10. The molecule has 134 valence electrons. The molecule has 0 atom stereocenters. The van der Waals surface area contributed by atoms with Crippen molar-refractivity contribution in [2.24, 2.45) is 0 Å². The summed E-state index contributed by atoms with van der Waals surface area (Å²) in [6, 6.07) is 13.7. The Bertz CT molecular complexity index is 686. The summed E-state index contributed by atoms with van der Waals surface area (Å²) < 4.78 is 12.1. The molecule has 0 saturated heterocycles. The lowest BCUT2D eigenvalue weighted by Crippen LogP contribution is -2.32. The SMILES string of the molecule is CCCc1ccc(OCCNC(=O)COc2ccc(Br)c(C)c2)cc1. The highest BCUT2D eigenvalue weighted by atomic mass is 79.9. The Kier molecular flexibility index (Phi) is 7.79. The van der Waals surface area contributed by atoms with Gasteiger partial charge in [-0.3, -0.25) is 4.79 Å². The first-order valence-electron chi connectivity index (χ1n) is 8.46. The van der Waals surface area contributed by atoms with Crippen molar-refractivity contribution in [1.29, 1.82) is 0 Å². The van der Waals surface area contributed by atoms with Gasteiger partial charge in [-0.1, -0.05) is 41.4 Å². The zero-order chi connectivity index (χ0) is 18.1. The summed E-state index contributed by atoms with van der Waals surface area (Å²) in [5.41, 5.74) is 2.37. The van der Waals surface area contributed by atoms with E-state index in [1.807, 2.05) is 37.3 Å². The third kappa shape index (κ3) is 6.78. The maximum Gasteiger partial charge on any atom is 0.258 e. The first-order valence-corrected chi connectivity index (χ1v) is 9.25. The van der Waals surface area contributed by atoms with Gasteiger partial charge in [0, 0.05) is 4.47 Å². The molecular weight excluding hydrogens is 382 g/mol. The van der Waals surface area contributed by atoms with Crippen LogP contribution in [0.15, 0.2) is 46.9 Å². The second-order valence-electron chi connectivity index (χ2n) is 5.79. The molecule has 0 aliphatic rings. The average Bonchev–Trinajstić information content (AvgIpc) is 2.61. The molecule has 4 nitrogen and oxygen atoms in total. The topological polar surface area (TPSA) is 47.6 Å². The molecule has 0 aliphatic heterocycles. The molecule has 0 radical (unpaired) electrons. The Morgan fingerprint density at radius 3 is 2.48 bits per heavy atom. The monoisotopic (exact) mass is 405 g/mol. The van der Waals surface area contributed by atoms with Crippen LogP contribution in [0, 0.1) is 6.92 Å². The van der Waals surface area contributed by atoms with Gasteiger partial charge in [-0.15, -0.1) is 0 Å². The third-order valence-corrected chi connectivity index (χ3v) is 4.54. The third-order valence-electron chi connectivity index (χ3n) is 3.65. The number of hydrogen-bond acceptors (Lipinski definition) is 3. The molecule has 0 bridgehead atoms. The Balaban J connectivity index is 1.64. The van der Waals surface area contributed by atoms with Crippen molar-refractivity contribution in [3.63, 3.8) is 0 Å². The van der Waals surface area contributed by atoms with E-state index >= 15 is 0 Å². The van der Waals surface area contributed by atoms with E-state index in [0.717, 1.165) is 28.6 Å². The smallest absolute Gasteiger partial charge is 0.258 e. The highest BCUT2D eigenvalue weighted by Crippen LogP contribution is 2.21. The Morgan fingerprint density at radius 2 is 1.80 bits per heavy atom. The molecule has 0 fully saturated rings. The van der Waals surface area contributed by atoms with E-state index in [4.69, 9.17) is 9.47 Å². The van der Waals surface area contributed by atoms with Crippen molar-refractivity contribution in [2.45, 2.75) is 26.7 Å². The predicted octanol–water partition coefficient (Wildman–Crippen LogP) is 4.28. The van der Waals surface area contributed by atoms with E-state index < -0.39 is 0 Å². The first-order chi connectivity index (χ1) is 12.1. The Labute approximate surface area is 157 Å². The largest absolute Gasteiger partial charge is 0.492 e. The summed E-state index contributed by atoms with van der Waals surface area (Å²) in [5.74, 6) is 1.33. The van der Waals surface area contributed by atoms with E-state index in [0.29, 0.717) is 18.9 Å². The fraction of sp³-hybridized carbons (Fsp3) is 0.350.